The molecule has 3 rings (SSSR count). The van der Waals surface area contributed by atoms with Gasteiger partial charge in [-0.05, 0) is 71.4 Å². The first-order valence-electron chi connectivity index (χ1n) is 7.27. The van der Waals surface area contributed by atoms with Gasteiger partial charge in [0.05, 0.1) is 0 Å². The van der Waals surface area contributed by atoms with Crippen LogP contribution in [0.25, 0.3) is 0 Å². The molecule has 2 bridgehead atoms. The van der Waals surface area contributed by atoms with Crippen molar-refractivity contribution in [1.29, 1.82) is 0 Å². The third-order valence-electron chi connectivity index (χ3n) is 5.61. The van der Waals surface area contributed by atoms with E-state index in [4.69, 9.17) is 0 Å². The summed E-state index contributed by atoms with van der Waals surface area (Å²) in [6.07, 6.45) is 5.50. The minimum atomic E-state index is 0.488. The zero-order chi connectivity index (χ0) is 12.8. The Kier molecular flexibility index (Phi) is 3.06. The Labute approximate surface area is 115 Å². The molecule has 0 saturated heterocycles. The number of hydrogen-bond donors (Lipinski definition) is 1. The van der Waals surface area contributed by atoms with Crippen molar-refractivity contribution in [2.45, 2.75) is 52.5 Å². The maximum atomic E-state index is 3.89. The van der Waals surface area contributed by atoms with Crippen molar-refractivity contribution in [2.75, 3.05) is 6.54 Å². The first-order valence-corrected chi connectivity index (χ1v) is 8.21. The molecule has 0 amide bonds. The Bertz CT molecular complexity index is 404. The van der Waals surface area contributed by atoms with Crippen molar-refractivity contribution < 1.29 is 0 Å². The van der Waals surface area contributed by atoms with Crippen LogP contribution in [-0.4, -0.2) is 12.6 Å². The van der Waals surface area contributed by atoms with Crippen LogP contribution >= 0.6 is 11.3 Å². The first-order chi connectivity index (χ1) is 8.52. The van der Waals surface area contributed by atoms with Crippen LogP contribution in [0.5, 0.6) is 0 Å². The normalized spacial score (nSPS) is 37.3. The van der Waals surface area contributed by atoms with Crippen molar-refractivity contribution in [1.82, 2.24) is 5.32 Å². The second-order valence-electron chi connectivity index (χ2n) is 7.18. The molecule has 1 N–H and O–H groups in total. The monoisotopic (exact) mass is 263 g/mol. The van der Waals surface area contributed by atoms with E-state index in [-0.39, 0.29) is 0 Å². The summed E-state index contributed by atoms with van der Waals surface area (Å²) < 4.78 is 0. The van der Waals surface area contributed by atoms with Gasteiger partial charge in [-0.2, -0.15) is 11.3 Å². The molecule has 1 unspecified atom stereocenters. The molecule has 1 nitrogen and oxygen atoms in total. The van der Waals surface area contributed by atoms with E-state index in [1.54, 1.807) is 11.3 Å². The molecule has 1 aromatic rings. The Balaban J connectivity index is 1.62. The Morgan fingerprint density at radius 2 is 2.22 bits per heavy atom. The molecular formula is C16H25NS. The van der Waals surface area contributed by atoms with Gasteiger partial charge in [-0.1, -0.05) is 20.8 Å². The van der Waals surface area contributed by atoms with Gasteiger partial charge in [-0.3, -0.25) is 0 Å². The van der Waals surface area contributed by atoms with E-state index in [2.05, 4.69) is 42.9 Å². The molecule has 2 saturated carbocycles. The summed E-state index contributed by atoms with van der Waals surface area (Å²) >= 11 is 1.81. The summed E-state index contributed by atoms with van der Waals surface area (Å²) in [4.78, 5) is 0. The predicted octanol–water partition coefficient (Wildman–Crippen LogP) is 4.10. The van der Waals surface area contributed by atoms with Crippen molar-refractivity contribution in [2.24, 2.45) is 16.7 Å². The summed E-state index contributed by atoms with van der Waals surface area (Å²) in [6.45, 7) is 8.59. The number of nitrogens with one attached hydrogen (secondary N) is 1. The highest BCUT2D eigenvalue weighted by Crippen LogP contribution is 2.62. The molecule has 0 aliphatic heterocycles. The first kappa shape index (κ1) is 12.7. The third kappa shape index (κ3) is 1.94. The van der Waals surface area contributed by atoms with Gasteiger partial charge in [-0.25, -0.2) is 0 Å². The maximum absolute atomic E-state index is 3.89. The fourth-order valence-corrected chi connectivity index (χ4v) is 5.31. The average molecular weight is 263 g/mol. The highest BCUT2D eigenvalue weighted by Gasteiger charge is 2.58. The second-order valence-corrected chi connectivity index (χ2v) is 7.96. The third-order valence-corrected chi connectivity index (χ3v) is 6.34. The van der Waals surface area contributed by atoms with Gasteiger partial charge < -0.3 is 5.32 Å². The van der Waals surface area contributed by atoms with Crippen LogP contribution in [0.3, 0.4) is 0 Å². The summed E-state index contributed by atoms with van der Waals surface area (Å²) in [5.41, 5.74) is 2.53. The van der Waals surface area contributed by atoms with Gasteiger partial charge in [0.25, 0.3) is 0 Å². The highest BCUT2D eigenvalue weighted by molar-refractivity contribution is 7.07. The SMILES string of the molecule is CC1(C)C(NCCc2ccsc2)[C@]2(C)CC[C@H]1C2. The van der Waals surface area contributed by atoms with Crippen LogP contribution in [0.15, 0.2) is 16.8 Å². The fraction of sp³-hybridized carbons (Fsp3) is 0.750. The van der Waals surface area contributed by atoms with Crippen LogP contribution < -0.4 is 5.32 Å². The van der Waals surface area contributed by atoms with Crippen molar-refractivity contribution >= 4 is 11.3 Å². The van der Waals surface area contributed by atoms with E-state index in [0.29, 0.717) is 16.9 Å². The van der Waals surface area contributed by atoms with E-state index in [1.165, 1.54) is 31.2 Å². The topological polar surface area (TPSA) is 12.0 Å². The molecule has 3 atom stereocenters. The van der Waals surface area contributed by atoms with E-state index in [0.717, 1.165) is 12.5 Å². The number of fused-ring (bicyclic) bond motifs is 2. The van der Waals surface area contributed by atoms with E-state index in [1.807, 2.05) is 0 Å². The molecular weight excluding hydrogens is 238 g/mol. The van der Waals surface area contributed by atoms with Crippen LogP contribution in [0.1, 0.15) is 45.6 Å². The Morgan fingerprint density at radius 1 is 1.39 bits per heavy atom. The standard InChI is InChI=1S/C16H25NS/c1-15(2)13-4-7-16(3,10-13)14(15)17-8-5-12-6-9-18-11-12/h6,9,11,13-14,17H,4-5,7-8,10H2,1-3H3/t13-,14?,16+/m0/s1. The lowest BCUT2D eigenvalue weighted by atomic mass is 9.68. The zero-order valence-electron chi connectivity index (χ0n) is 11.8. The van der Waals surface area contributed by atoms with Gasteiger partial charge in [0.2, 0.25) is 0 Å². The maximum Gasteiger partial charge on any atom is 0.0175 e. The molecule has 0 radical (unpaired) electrons. The number of thiophene rings is 1. The Morgan fingerprint density at radius 3 is 2.83 bits per heavy atom. The lowest BCUT2D eigenvalue weighted by molar-refractivity contribution is 0.110. The van der Waals surface area contributed by atoms with Crippen molar-refractivity contribution in [3.8, 4) is 0 Å². The molecule has 18 heavy (non-hydrogen) atoms. The molecule has 0 aromatic carbocycles. The van der Waals surface area contributed by atoms with E-state index < -0.39 is 0 Å². The quantitative estimate of drug-likeness (QED) is 0.862. The molecule has 2 heteroatoms. The summed E-state index contributed by atoms with van der Waals surface area (Å²) in [5.74, 6) is 0.946. The van der Waals surface area contributed by atoms with Crippen molar-refractivity contribution in [3.05, 3.63) is 22.4 Å². The fourth-order valence-electron chi connectivity index (χ4n) is 4.61. The zero-order valence-corrected chi connectivity index (χ0v) is 12.6. The lowest BCUT2D eigenvalue weighted by Crippen LogP contribution is -2.50. The molecule has 1 heterocycles. The molecule has 0 spiro atoms. The molecule has 1 aromatic heterocycles. The van der Waals surface area contributed by atoms with Crippen LogP contribution in [0, 0.1) is 16.7 Å². The van der Waals surface area contributed by atoms with Crippen molar-refractivity contribution in [3.63, 3.8) is 0 Å². The van der Waals surface area contributed by atoms with Crippen LogP contribution in [0.2, 0.25) is 0 Å². The minimum Gasteiger partial charge on any atom is -0.313 e. The van der Waals surface area contributed by atoms with Crippen LogP contribution in [0.4, 0.5) is 0 Å². The molecule has 2 aliphatic rings. The largest absolute Gasteiger partial charge is 0.313 e. The van der Waals surface area contributed by atoms with E-state index >= 15 is 0 Å². The van der Waals surface area contributed by atoms with Gasteiger partial charge in [-0.15, -0.1) is 0 Å². The van der Waals surface area contributed by atoms with Gasteiger partial charge in [0.15, 0.2) is 0 Å². The van der Waals surface area contributed by atoms with Gasteiger partial charge in [0, 0.05) is 6.04 Å². The predicted molar refractivity (Wildman–Crippen MR) is 79.0 cm³/mol. The lowest BCUT2D eigenvalue weighted by Gasteiger charge is -2.43. The smallest absolute Gasteiger partial charge is 0.0175 e. The molecule has 2 aliphatic carbocycles. The number of rotatable bonds is 4. The average Bonchev–Trinajstić information content (AvgIpc) is 2.96. The minimum absolute atomic E-state index is 0.488. The Hall–Kier alpha value is -0.340. The summed E-state index contributed by atoms with van der Waals surface area (Å²) in [7, 11) is 0. The van der Waals surface area contributed by atoms with E-state index in [9.17, 15) is 0 Å². The summed E-state index contributed by atoms with van der Waals surface area (Å²) in [5, 5.41) is 8.34. The summed E-state index contributed by atoms with van der Waals surface area (Å²) in [6, 6.07) is 2.96. The van der Waals surface area contributed by atoms with Crippen LogP contribution in [-0.2, 0) is 6.42 Å². The van der Waals surface area contributed by atoms with Gasteiger partial charge >= 0.3 is 0 Å². The molecule has 2 fully saturated rings. The second kappa shape index (κ2) is 4.35. The number of hydrogen-bond acceptors (Lipinski definition) is 2. The highest BCUT2D eigenvalue weighted by atomic mass is 32.1. The van der Waals surface area contributed by atoms with Gasteiger partial charge in [0.1, 0.15) is 0 Å². The molecule has 100 valence electrons.